The Labute approximate surface area is 183 Å². The summed E-state index contributed by atoms with van der Waals surface area (Å²) >= 11 is 1.24. The van der Waals surface area contributed by atoms with Gasteiger partial charge < -0.3 is 14.6 Å². The molecule has 7 nitrogen and oxygen atoms in total. The molecule has 1 saturated heterocycles. The van der Waals surface area contributed by atoms with Gasteiger partial charge in [0.25, 0.3) is 5.78 Å². The van der Waals surface area contributed by atoms with Gasteiger partial charge in [0.2, 0.25) is 0 Å². The van der Waals surface area contributed by atoms with Crippen molar-refractivity contribution in [3.8, 4) is 11.5 Å². The van der Waals surface area contributed by atoms with E-state index in [4.69, 9.17) is 9.47 Å². The van der Waals surface area contributed by atoms with Crippen LogP contribution in [-0.2, 0) is 9.59 Å². The Kier molecular flexibility index (Phi) is 5.73. The zero-order chi connectivity index (χ0) is 22.0. The van der Waals surface area contributed by atoms with Crippen LogP contribution in [0.15, 0.2) is 65.7 Å². The smallest absolute Gasteiger partial charge is 0.301 e. The highest BCUT2D eigenvalue weighted by molar-refractivity contribution is 7.14. The first-order valence-corrected chi connectivity index (χ1v) is 10.5. The van der Waals surface area contributed by atoms with Gasteiger partial charge in [-0.25, -0.2) is 4.98 Å². The summed E-state index contributed by atoms with van der Waals surface area (Å²) in [5, 5.41) is 13.2. The molecule has 0 spiro atoms. The maximum atomic E-state index is 13.1. The van der Waals surface area contributed by atoms with Gasteiger partial charge in [-0.15, -0.1) is 11.3 Å². The average molecular weight is 436 g/mol. The molecule has 1 aliphatic heterocycles. The summed E-state index contributed by atoms with van der Waals surface area (Å²) in [7, 11) is 1.54. The third kappa shape index (κ3) is 3.77. The Balaban J connectivity index is 1.90. The number of nitrogens with zero attached hydrogens (tertiary/aromatic N) is 2. The van der Waals surface area contributed by atoms with Crippen LogP contribution in [0.2, 0.25) is 0 Å². The van der Waals surface area contributed by atoms with Crippen molar-refractivity contribution in [3.63, 3.8) is 0 Å². The Morgan fingerprint density at radius 3 is 2.58 bits per heavy atom. The number of aromatic nitrogens is 1. The van der Waals surface area contributed by atoms with Gasteiger partial charge in [-0.05, 0) is 48.9 Å². The number of hydrogen-bond donors (Lipinski definition) is 1. The second kappa shape index (κ2) is 8.61. The topological polar surface area (TPSA) is 89.0 Å². The summed E-state index contributed by atoms with van der Waals surface area (Å²) in [5.74, 6) is -0.547. The molecule has 1 fully saturated rings. The molecule has 0 bridgehead atoms. The number of methoxy groups -OCH3 is 1. The van der Waals surface area contributed by atoms with E-state index in [0.29, 0.717) is 34.4 Å². The molecule has 0 radical (unpaired) electrons. The van der Waals surface area contributed by atoms with Gasteiger partial charge in [0, 0.05) is 17.1 Å². The lowest BCUT2D eigenvalue weighted by Gasteiger charge is -2.23. The van der Waals surface area contributed by atoms with Gasteiger partial charge in [0.1, 0.15) is 17.3 Å². The molecular weight excluding hydrogens is 416 g/mol. The summed E-state index contributed by atoms with van der Waals surface area (Å²) < 4.78 is 10.8. The van der Waals surface area contributed by atoms with E-state index in [1.165, 1.54) is 16.2 Å². The molecule has 158 valence electrons. The van der Waals surface area contributed by atoms with E-state index in [0.717, 1.165) is 0 Å². The van der Waals surface area contributed by atoms with E-state index in [9.17, 15) is 14.7 Å². The fourth-order valence-corrected chi connectivity index (χ4v) is 4.19. The van der Waals surface area contributed by atoms with Crippen molar-refractivity contribution in [1.29, 1.82) is 0 Å². The minimum atomic E-state index is -0.839. The summed E-state index contributed by atoms with van der Waals surface area (Å²) in [6.07, 6.45) is 1.57. The van der Waals surface area contributed by atoms with Gasteiger partial charge in [-0.3, -0.25) is 14.5 Å². The lowest BCUT2D eigenvalue weighted by atomic mass is 9.95. The van der Waals surface area contributed by atoms with Crippen LogP contribution in [0.25, 0.3) is 5.76 Å². The molecule has 1 aliphatic rings. The van der Waals surface area contributed by atoms with E-state index in [1.54, 1.807) is 67.2 Å². The summed E-state index contributed by atoms with van der Waals surface area (Å²) in [5.41, 5.74) is 1.04. The molecule has 1 aromatic heterocycles. The van der Waals surface area contributed by atoms with E-state index in [2.05, 4.69) is 4.98 Å². The van der Waals surface area contributed by atoms with Crippen LogP contribution in [0.3, 0.4) is 0 Å². The number of aliphatic hydroxyl groups is 1. The van der Waals surface area contributed by atoms with Crippen molar-refractivity contribution in [2.75, 3.05) is 18.6 Å². The van der Waals surface area contributed by atoms with Gasteiger partial charge in [-0.2, -0.15) is 0 Å². The number of ketones is 1. The van der Waals surface area contributed by atoms with Crippen LogP contribution in [0, 0.1) is 0 Å². The lowest BCUT2D eigenvalue weighted by Crippen LogP contribution is -2.29. The SMILES string of the molecule is CCOc1cccc(C2/C(=C(\O)c3ccc(OC)cc3)C(=O)C(=O)N2c2nccs2)c1. The number of Topliss-reactive ketones (excluding diaryl/α,β-unsaturated/α-hetero) is 1. The number of ether oxygens (including phenoxy) is 2. The molecule has 0 aliphatic carbocycles. The summed E-state index contributed by atoms with van der Waals surface area (Å²) in [6.45, 7) is 2.35. The van der Waals surface area contributed by atoms with Crippen molar-refractivity contribution >= 4 is 33.9 Å². The monoisotopic (exact) mass is 436 g/mol. The zero-order valence-electron chi connectivity index (χ0n) is 16.9. The molecule has 3 aromatic rings. The summed E-state index contributed by atoms with van der Waals surface area (Å²) in [4.78, 5) is 31.6. The van der Waals surface area contributed by atoms with Gasteiger partial charge in [0.15, 0.2) is 5.13 Å². The first-order valence-electron chi connectivity index (χ1n) is 9.62. The minimum absolute atomic E-state index is 0.000912. The van der Waals surface area contributed by atoms with E-state index in [-0.39, 0.29) is 11.3 Å². The van der Waals surface area contributed by atoms with E-state index < -0.39 is 17.7 Å². The van der Waals surface area contributed by atoms with E-state index in [1.807, 2.05) is 6.92 Å². The molecule has 0 saturated carbocycles. The minimum Gasteiger partial charge on any atom is -0.507 e. The van der Waals surface area contributed by atoms with Crippen LogP contribution in [-0.4, -0.2) is 35.5 Å². The molecule has 2 aromatic carbocycles. The second-order valence-electron chi connectivity index (χ2n) is 6.72. The van der Waals surface area contributed by atoms with Crippen molar-refractivity contribution in [3.05, 3.63) is 76.8 Å². The molecule has 2 heterocycles. The maximum Gasteiger partial charge on any atom is 0.301 e. The van der Waals surface area contributed by atoms with Crippen molar-refractivity contribution in [2.24, 2.45) is 0 Å². The highest BCUT2D eigenvalue weighted by Gasteiger charge is 2.48. The molecule has 1 unspecified atom stereocenters. The third-order valence-electron chi connectivity index (χ3n) is 4.92. The number of carbonyl (C=O) groups is 2. The van der Waals surface area contributed by atoms with Crippen molar-refractivity contribution < 1.29 is 24.2 Å². The highest BCUT2D eigenvalue weighted by Crippen LogP contribution is 2.43. The number of aliphatic hydroxyl groups excluding tert-OH is 1. The lowest BCUT2D eigenvalue weighted by molar-refractivity contribution is -0.132. The fraction of sp³-hybridized carbons (Fsp3) is 0.174. The first kappa shape index (κ1) is 20.6. The number of benzene rings is 2. The zero-order valence-corrected chi connectivity index (χ0v) is 17.8. The predicted octanol–water partition coefficient (Wildman–Crippen LogP) is 4.18. The Bertz CT molecular complexity index is 1140. The number of amides is 1. The van der Waals surface area contributed by atoms with Gasteiger partial charge in [0.05, 0.1) is 25.3 Å². The Hall–Kier alpha value is -3.65. The highest BCUT2D eigenvalue weighted by atomic mass is 32.1. The molecule has 4 rings (SSSR count). The quantitative estimate of drug-likeness (QED) is 0.354. The molecule has 31 heavy (non-hydrogen) atoms. The number of thiazole rings is 1. The summed E-state index contributed by atoms with van der Waals surface area (Å²) in [6, 6.07) is 12.9. The molecule has 1 N–H and O–H groups in total. The molecular formula is C23H20N2O5S. The molecule has 1 atom stereocenters. The van der Waals surface area contributed by atoms with Gasteiger partial charge in [-0.1, -0.05) is 12.1 Å². The second-order valence-corrected chi connectivity index (χ2v) is 7.59. The molecule has 8 heteroatoms. The van der Waals surface area contributed by atoms with Crippen LogP contribution in [0.1, 0.15) is 24.1 Å². The Morgan fingerprint density at radius 2 is 1.94 bits per heavy atom. The van der Waals surface area contributed by atoms with E-state index >= 15 is 0 Å². The first-order chi connectivity index (χ1) is 15.0. The number of carbonyl (C=O) groups excluding carboxylic acids is 2. The third-order valence-corrected chi connectivity index (χ3v) is 5.69. The van der Waals surface area contributed by atoms with Crippen LogP contribution < -0.4 is 14.4 Å². The fourth-order valence-electron chi connectivity index (χ4n) is 3.53. The average Bonchev–Trinajstić information content (AvgIpc) is 3.41. The largest absolute Gasteiger partial charge is 0.507 e. The van der Waals surface area contributed by atoms with Crippen LogP contribution >= 0.6 is 11.3 Å². The van der Waals surface area contributed by atoms with Crippen LogP contribution in [0.5, 0.6) is 11.5 Å². The normalized spacial score (nSPS) is 17.7. The predicted molar refractivity (Wildman–Crippen MR) is 118 cm³/mol. The number of rotatable bonds is 6. The van der Waals surface area contributed by atoms with Crippen molar-refractivity contribution in [2.45, 2.75) is 13.0 Å². The number of anilines is 1. The molecule has 1 amide bonds. The number of hydrogen-bond acceptors (Lipinski definition) is 7. The van der Waals surface area contributed by atoms with Crippen LogP contribution in [0.4, 0.5) is 5.13 Å². The van der Waals surface area contributed by atoms with Crippen molar-refractivity contribution in [1.82, 2.24) is 4.98 Å². The Morgan fingerprint density at radius 1 is 1.16 bits per heavy atom. The van der Waals surface area contributed by atoms with Gasteiger partial charge >= 0.3 is 5.91 Å². The standard InChI is InChI=1S/C23H20N2O5S/c1-3-30-17-6-4-5-15(13-17)19-18(20(26)14-7-9-16(29-2)10-8-14)21(27)22(28)25(19)23-24-11-12-31-23/h4-13,19,26H,3H2,1-2H3/b20-18+. The maximum absolute atomic E-state index is 13.1.